The van der Waals surface area contributed by atoms with E-state index in [0.717, 1.165) is 11.8 Å². The van der Waals surface area contributed by atoms with E-state index in [1.807, 2.05) is 0 Å². The van der Waals surface area contributed by atoms with Crippen LogP contribution in [0, 0.1) is 0 Å². The second-order valence-corrected chi connectivity index (χ2v) is 5.78. The number of amides is 2. The Balaban J connectivity index is 1.87. The molecule has 122 valence electrons. The maximum atomic E-state index is 11.8. The molecule has 1 fully saturated rings. The summed E-state index contributed by atoms with van der Waals surface area (Å²) in [6.45, 7) is 1.35. The molecule has 10 heteroatoms. The molecule has 1 aromatic rings. The first-order chi connectivity index (χ1) is 11.0. The van der Waals surface area contributed by atoms with Crippen LogP contribution in [-0.4, -0.2) is 45.6 Å². The molecule has 2 amide bonds. The summed E-state index contributed by atoms with van der Waals surface area (Å²) in [6, 6.07) is 2.39. The summed E-state index contributed by atoms with van der Waals surface area (Å²) in [6.07, 6.45) is 2.73. The van der Waals surface area contributed by atoms with Gasteiger partial charge in [0.1, 0.15) is 17.1 Å². The van der Waals surface area contributed by atoms with Gasteiger partial charge in [-0.2, -0.15) is 5.10 Å². The Morgan fingerprint density at radius 1 is 1.61 bits per heavy atom. The summed E-state index contributed by atoms with van der Waals surface area (Å²) in [5.74, 6) is -1.52. The summed E-state index contributed by atoms with van der Waals surface area (Å²) in [5.41, 5.74) is 0. The number of carboxylic acids is 1. The number of furan rings is 1. The first kappa shape index (κ1) is 16.7. The maximum Gasteiger partial charge on any atom is 0.325 e. The molecule has 3 N–H and O–H groups in total. The largest absolute Gasteiger partial charge is 0.480 e. The Labute approximate surface area is 135 Å². The van der Waals surface area contributed by atoms with Crippen LogP contribution in [0.3, 0.4) is 0 Å². The number of rotatable bonds is 6. The zero-order valence-electron chi connectivity index (χ0n) is 12.1. The van der Waals surface area contributed by atoms with E-state index in [-0.39, 0.29) is 17.5 Å². The monoisotopic (exact) mass is 338 g/mol. The molecule has 2 unspecified atom stereocenters. The summed E-state index contributed by atoms with van der Waals surface area (Å²) in [5, 5.41) is 20.7. The number of carboxylic acid groups (broad SMARTS) is 1. The quantitative estimate of drug-likeness (QED) is 0.500. The van der Waals surface area contributed by atoms with Crippen molar-refractivity contribution in [2.45, 2.75) is 24.6 Å². The number of amidine groups is 1. The fraction of sp³-hybridized carbons (Fsp3) is 0.308. The topological polar surface area (TPSA) is 133 Å². The zero-order chi connectivity index (χ0) is 16.8. The van der Waals surface area contributed by atoms with Gasteiger partial charge in [-0.1, -0.05) is 11.8 Å². The molecule has 9 nitrogen and oxygen atoms in total. The van der Waals surface area contributed by atoms with Crippen LogP contribution >= 0.6 is 11.8 Å². The number of hydrogen-bond acceptors (Lipinski definition) is 7. The van der Waals surface area contributed by atoms with Crippen molar-refractivity contribution < 1.29 is 23.9 Å². The number of aliphatic carboxylic acids is 1. The summed E-state index contributed by atoms with van der Waals surface area (Å²) < 4.78 is 5.04. The molecule has 0 bridgehead atoms. The molecule has 0 aromatic carbocycles. The minimum Gasteiger partial charge on any atom is -0.480 e. The van der Waals surface area contributed by atoms with Crippen molar-refractivity contribution in [3.8, 4) is 0 Å². The third-order valence-corrected chi connectivity index (χ3v) is 3.84. The molecule has 2 heterocycles. The number of hydrogen-bond donors (Lipinski definition) is 3. The van der Waals surface area contributed by atoms with Gasteiger partial charge in [0.15, 0.2) is 5.17 Å². The van der Waals surface area contributed by atoms with Gasteiger partial charge >= 0.3 is 5.97 Å². The first-order valence-corrected chi connectivity index (χ1v) is 7.48. The second-order valence-electron chi connectivity index (χ2n) is 4.59. The molecule has 0 aliphatic carbocycles. The highest BCUT2D eigenvalue weighted by atomic mass is 32.2. The zero-order valence-corrected chi connectivity index (χ0v) is 12.9. The van der Waals surface area contributed by atoms with Crippen molar-refractivity contribution >= 4 is 40.9 Å². The number of carbonyl (C=O) groups excluding carboxylic acids is 2. The third-order valence-electron chi connectivity index (χ3n) is 2.77. The highest BCUT2D eigenvalue weighted by Gasteiger charge is 2.32. The number of nitrogens with zero attached hydrogens (tertiary/aromatic N) is 2. The van der Waals surface area contributed by atoms with Gasteiger partial charge in [-0.25, -0.2) is 0 Å². The normalized spacial score (nSPS) is 20.7. The smallest absolute Gasteiger partial charge is 0.325 e. The molecule has 2 rings (SSSR count). The average molecular weight is 338 g/mol. The summed E-state index contributed by atoms with van der Waals surface area (Å²) >= 11 is 1.06. The van der Waals surface area contributed by atoms with Gasteiger partial charge in [0.05, 0.1) is 12.5 Å². The lowest BCUT2D eigenvalue weighted by molar-refractivity contribution is -0.141. The standard InChI is InChI=1S/C13H14N4O5S/c1-7(12(20)21)15-10(18)5-9-11(19)16-13(23-9)17-14-6-8-3-2-4-22-8/h2-4,6-7,9H,5H2,1H3,(H,15,18)(H,20,21)(H,16,17,19)/b14-6+. The SMILES string of the molecule is CC(NC(=O)CC1S/C(=N/N=C/c2ccco2)NC1=O)C(=O)O. The van der Waals surface area contributed by atoms with Gasteiger partial charge in [-0.15, -0.1) is 5.10 Å². The van der Waals surface area contributed by atoms with E-state index in [4.69, 9.17) is 9.52 Å². The minimum absolute atomic E-state index is 0.144. The van der Waals surface area contributed by atoms with Crippen molar-refractivity contribution in [2.75, 3.05) is 0 Å². The lowest BCUT2D eigenvalue weighted by Crippen LogP contribution is -2.40. The lowest BCUT2D eigenvalue weighted by Gasteiger charge is -2.10. The fourth-order valence-electron chi connectivity index (χ4n) is 1.62. The summed E-state index contributed by atoms with van der Waals surface area (Å²) in [4.78, 5) is 34.1. The molecule has 0 radical (unpaired) electrons. The van der Waals surface area contributed by atoms with E-state index in [2.05, 4.69) is 20.8 Å². The van der Waals surface area contributed by atoms with Crippen molar-refractivity contribution in [1.82, 2.24) is 10.6 Å². The molecular formula is C13H14N4O5S. The molecule has 2 atom stereocenters. The molecule has 1 aliphatic rings. The van der Waals surface area contributed by atoms with Crippen molar-refractivity contribution in [3.63, 3.8) is 0 Å². The molecule has 1 aliphatic heterocycles. The van der Waals surface area contributed by atoms with Gasteiger partial charge < -0.3 is 20.2 Å². The van der Waals surface area contributed by atoms with E-state index in [9.17, 15) is 14.4 Å². The maximum absolute atomic E-state index is 11.8. The Morgan fingerprint density at radius 2 is 2.39 bits per heavy atom. The third kappa shape index (κ3) is 4.95. The van der Waals surface area contributed by atoms with Crippen molar-refractivity contribution in [3.05, 3.63) is 24.2 Å². The molecule has 0 spiro atoms. The molecule has 23 heavy (non-hydrogen) atoms. The van der Waals surface area contributed by atoms with Crippen LogP contribution in [0.25, 0.3) is 0 Å². The van der Waals surface area contributed by atoms with Crippen LogP contribution in [0.5, 0.6) is 0 Å². The molecule has 0 saturated carbocycles. The van der Waals surface area contributed by atoms with Gasteiger partial charge in [0, 0.05) is 6.42 Å². The van der Waals surface area contributed by atoms with Crippen LogP contribution < -0.4 is 10.6 Å². The van der Waals surface area contributed by atoms with Crippen LogP contribution in [0.1, 0.15) is 19.1 Å². The first-order valence-electron chi connectivity index (χ1n) is 6.60. The molecular weight excluding hydrogens is 324 g/mol. The lowest BCUT2D eigenvalue weighted by atomic mass is 10.2. The van der Waals surface area contributed by atoms with Gasteiger partial charge in [0.2, 0.25) is 11.8 Å². The van der Waals surface area contributed by atoms with E-state index in [0.29, 0.717) is 5.76 Å². The number of carbonyl (C=O) groups is 3. The van der Waals surface area contributed by atoms with E-state index in [1.165, 1.54) is 19.4 Å². The Morgan fingerprint density at radius 3 is 3.04 bits per heavy atom. The minimum atomic E-state index is -1.14. The van der Waals surface area contributed by atoms with Crippen molar-refractivity contribution in [2.24, 2.45) is 10.2 Å². The van der Waals surface area contributed by atoms with Gasteiger partial charge in [-0.05, 0) is 19.1 Å². The highest BCUT2D eigenvalue weighted by molar-refractivity contribution is 8.15. The van der Waals surface area contributed by atoms with Crippen molar-refractivity contribution in [1.29, 1.82) is 0 Å². The number of thioether (sulfide) groups is 1. The summed E-state index contributed by atoms with van der Waals surface area (Å²) in [7, 11) is 0. The fourth-order valence-corrected chi connectivity index (χ4v) is 2.54. The average Bonchev–Trinajstić information content (AvgIpc) is 3.09. The van der Waals surface area contributed by atoms with Crippen LogP contribution in [0.4, 0.5) is 0 Å². The second kappa shape index (κ2) is 7.58. The Bertz CT molecular complexity index is 655. The van der Waals surface area contributed by atoms with E-state index in [1.54, 1.807) is 12.1 Å². The van der Waals surface area contributed by atoms with Gasteiger partial charge in [0.25, 0.3) is 0 Å². The van der Waals surface area contributed by atoms with E-state index >= 15 is 0 Å². The van der Waals surface area contributed by atoms with Crippen LogP contribution in [0.2, 0.25) is 0 Å². The highest BCUT2D eigenvalue weighted by Crippen LogP contribution is 2.22. The predicted octanol–water partition coefficient (Wildman–Crippen LogP) is 0.180. The predicted molar refractivity (Wildman–Crippen MR) is 83.1 cm³/mol. The molecule has 1 aromatic heterocycles. The van der Waals surface area contributed by atoms with Gasteiger partial charge in [-0.3, -0.25) is 14.4 Å². The molecule has 1 saturated heterocycles. The Hall–Kier alpha value is -2.62. The number of nitrogens with one attached hydrogen (secondary N) is 2. The van der Waals surface area contributed by atoms with Crippen LogP contribution in [-0.2, 0) is 14.4 Å². The van der Waals surface area contributed by atoms with E-state index < -0.39 is 23.2 Å². The van der Waals surface area contributed by atoms with Crippen LogP contribution in [0.15, 0.2) is 33.0 Å². The Kier molecular flexibility index (Phi) is 5.52.